The van der Waals surface area contributed by atoms with Crippen LogP contribution in [0.25, 0.3) is 0 Å². The molecule has 0 saturated heterocycles. The smallest absolute Gasteiger partial charge is 0.0115 e. The van der Waals surface area contributed by atoms with Crippen molar-refractivity contribution in [3.63, 3.8) is 0 Å². The van der Waals surface area contributed by atoms with E-state index in [1.807, 2.05) is 0 Å². The minimum Gasteiger partial charge on any atom is -0.0826 e. The van der Waals surface area contributed by atoms with Crippen LogP contribution in [-0.2, 0) is 0 Å². The number of hydrogen-bond donors (Lipinski definition) is 0. The molecule has 0 aromatic carbocycles. The summed E-state index contributed by atoms with van der Waals surface area (Å²) in [6.45, 7) is 2.47. The average molecular weight is 278 g/mol. The molecule has 0 aliphatic heterocycles. The van der Waals surface area contributed by atoms with Crippen LogP contribution in [-0.4, -0.2) is 3.92 Å². The van der Waals surface area contributed by atoms with Gasteiger partial charge in [0.05, 0.1) is 0 Å². The van der Waals surface area contributed by atoms with Crippen LogP contribution in [0.15, 0.2) is 0 Å². The summed E-state index contributed by atoms with van der Waals surface area (Å²) in [5, 5.41) is 0. The summed E-state index contributed by atoms with van der Waals surface area (Å²) in [6, 6.07) is 0. The van der Waals surface area contributed by atoms with Crippen LogP contribution < -0.4 is 0 Å². The molecular formula is C11H19I. The number of alkyl halides is 1. The van der Waals surface area contributed by atoms with E-state index in [9.17, 15) is 0 Å². The molecule has 3 atom stereocenters. The molecule has 0 bridgehead atoms. The Morgan fingerprint density at radius 3 is 2.25 bits per heavy atom. The summed E-state index contributed by atoms with van der Waals surface area (Å²) in [4.78, 5) is 0. The second-order valence-corrected chi connectivity index (χ2v) is 6.52. The van der Waals surface area contributed by atoms with E-state index in [2.05, 4.69) is 29.5 Å². The molecule has 0 heterocycles. The van der Waals surface area contributed by atoms with E-state index < -0.39 is 0 Å². The molecule has 2 aliphatic carbocycles. The summed E-state index contributed by atoms with van der Waals surface area (Å²) >= 11 is 2.65. The summed E-state index contributed by atoms with van der Waals surface area (Å²) in [7, 11) is 0. The van der Waals surface area contributed by atoms with Crippen LogP contribution in [0, 0.1) is 17.8 Å². The van der Waals surface area contributed by atoms with Gasteiger partial charge in [0.1, 0.15) is 0 Å². The van der Waals surface area contributed by atoms with Crippen LogP contribution in [0.3, 0.4) is 0 Å². The van der Waals surface area contributed by atoms with Gasteiger partial charge in [0.2, 0.25) is 0 Å². The molecule has 0 nitrogen and oxygen atoms in total. The Morgan fingerprint density at radius 1 is 1.08 bits per heavy atom. The van der Waals surface area contributed by atoms with Gasteiger partial charge < -0.3 is 0 Å². The summed E-state index contributed by atoms with van der Waals surface area (Å²) in [6.07, 6.45) is 9.12. The van der Waals surface area contributed by atoms with E-state index in [0.717, 1.165) is 21.7 Å². The molecule has 2 rings (SSSR count). The van der Waals surface area contributed by atoms with Gasteiger partial charge in [-0.25, -0.2) is 0 Å². The van der Waals surface area contributed by atoms with Gasteiger partial charge in [0, 0.05) is 3.92 Å². The van der Waals surface area contributed by atoms with Gasteiger partial charge >= 0.3 is 0 Å². The summed E-state index contributed by atoms with van der Waals surface area (Å²) in [5.41, 5.74) is 0. The molecule has 0 aromatic heterocycles. The Kier molecular flexibility index (Phi) is 2.98. The normalized spacial score (nSPS) is 44.0. The van der Waals surface area contributed by atoms with Gasteiger partial charge in [-0.2, -0.15) is 0 Å². The first-order valence-electron chi connectivity index (χ1n) is 5.41. The van der Waals surface area contributed by atoms with Crippen LogP contribution >= 0.6 is 22.6 Å². The lowest BCUT2D eigenvalue weighted by molar-refractivity contribution is 0.280. The van der Waals surface area contributed by atoms with Crippen molar-refractivity contribution in [3.05, 3.63) is 0 Å². The first-order valence-corrected chi connectivity index (χ1v) is 6.66. The number of rotatable bonds is 1. The van der Waals surface area contributed by atoms with E-state index in [1.165, 1.54) is 25.7 Å². The second kappa shape index (κ2) is 3.85. The highest BCUT2D eigenvalue weighted by atomic mass is 127. The first kappa shape index (κ1) is 9.29. The predicted molar refractivity (Wildman–Crippen MR) is 61.7 cm³/mol. The van der Waals surface area contributed by atoms with Gasteiger partial charge in [-0.05, 0) is 30.6 Å². The number of halogens is 1. The van der Waals surface area contributed by atoms with Crippen LogP contribution in [0.2, 0.25) is 0 Å². The summed E-state index contributed by atoms with van der Waals surface area (Å²) < 4.78 is 0.989. The SMILES string of the molecule is CC1CC(I)CC1C1CCCC1. The molecule has 0 radical (unpaired) electrons. The lowest BCUT2D eigenvalue weighted by Crippen LogP contribution is -2.14. The highest BCUT2D eigenvalue weighted by molar-refractivity contribution is 14.1. The maximum atomic E-state index is 2.65. The molecule has 2 saturated carbocycles. The molecule has 70 valence electrons. The van der Waals surface area contributed by atoms with Gasteiger partial charge in [0.25, 0.3) is 0 Å². The van der Waals surface area contributed by atoms with Crippen LogP contribution in [0.4, 0.5) is 0 Å². The van der Waals surface area contributed by atoms with Crippen molar-refractivity contribution in [1.82, 2.24) is 0 Å². The molecule has 0 spiro atoms. The molecule has 3 unspecified atom stereocenters. The highest BCUT2D eigenvalue weighted by Gasteiger charge is 2.36. The molecule has 1 heteroatoms. The number of hydrogen-bond acceptors (Lipinski definition) is 0. The quantitative estimate of drug-likeness (QED) is 0.502. The van der Waals surface area contributed by atoms with Gasteiger partial charge in [-0.3, -0.25) is 0 Å². The zero-order chi connectivity index (χ0) is 8.55. The Bertz CT molecular complexity index is 149. The monoisotopic (exact) mass is 278 g/mol. The van der Waals surface area contributed by atoms with E-state index in [4.69, 9.17) is 0 Å². The molecular weight excluding hydrogens is 259 g/mol. The Balaban J connectivity index is 1.94. The highest BCUT2D eigenvalue weighted by Crippen LogP contribution is 2.45. The molecule has 0 aromatic rings. The van der Waals surface area contributed by atoms with E-state index in [1.54, 1.807) is 12.8 Å². The minimum atomic E-state index is 0.989. The Morgan fingerprint density at radius 2 is 1.75 bits per heavy atom. The molecule has 2 fully saturated rings. The van der Waals surface area contributed by atoms with Gasteiger partial charge in [-0.15, -0.1) is 0 Å². The van der Waals surface area contributed by atoms with Crippen molar-refractivity contribution in [2.24, 2.45) is 17.8 Å². The maximum absolute atomic E-state index is 2.65. The van der Waals surface area contributed by atoms with Crippen LogP contribution in [0.1, 0.15) is 45.4 Å². The van der Waals surface area contributed by atoms with Crippen molar-refractivity contribution in [2.75, 3.05) is 0 Å². The molecule has 12 heavy (non-hydrogen) atoms. The third-order valence-corrected chi connectivity index (χ3v) is 4.91. The summed E-state index contributed by atoms with van der Waals surface area (Å²) in [5.74, 6) is 3.23. The van der Waals surface area contributed by atoms with E-state index in [0.29, 0.717) is 0 Å². The predicted octanol–water partition coefficient (Wildman–Crippen LogP) is 4.03. The van der Waals surface area contributed by atoms with Gasteiger partial charge in [-0.1, -0.05) is 55.2 Å². The molecule has 0 N–H and O–H groups in total. The van der Waals surface area contributed by atoms with Gasteiger partial charge in [0.15, 0.2) is 0 Å². The molecule has 2 aliphatic rings. The van der Waals surface area contributed by atoms with Crippen molar-refractivity contribution in [3.8, 4) is 0 Å². The van der Waals surface area contributed by atoms with Crippen LogP contribution in [0.5, 0.6) is 0 Å². The largest absolute Gasteiger partial charge is 0.0826 e. The fourth-order valence-electron chi connectivity index (χ4n) is 3.24. The average Bonchev–Trinajstić information content (AvgIpc) is 2.58. The van der Waals surface area contributed by atoms with Crippen molar-refractivity contribution >= 4 is 22.6 Å². The van der Waals surface area contributed by atoms with E-state index >= 15 is 0 Å². The zero-order valence-electron chi connectivity index (χ0n) is 7.93. The second-order valence-electron chi connectivity index (χ2n) is 4.75. The fraction of sp³-hybridized carbons (Fsp3) is 1.00. The lowest BCUT2D eigenvalue weighted by atomic mass is 9.84. The topological polar surface area (TPSA) is 0 Å². The molecule has 0 amide bonds. The fourth-order valence-corrected chi connectivity index (χ4v) is 4.63. The van der Waals surface area contributed by atoms with Crippen molar-refractivity contribution in [1.29, 1.82) is 0 Å². The third kappa shape index (κ3) is 1.80. The maximum Gasteiger partial charge on any atom is 0.0115 e. The lowest BCUT2D eigenvalue weighted by Gasteiger charge is -2.22. The Labute approximate surface area is 89.6 Å². The standard InChI is InChI=1S/C11H19I/c1-8-6-10(12)7-11(8)9-4-2-3-5-9/h8-11H,2-7H2,1H3. The Hall–Kier alpha value is 0.730. The zero-order valence-corrected chi connectivity index (χ0v) is 10.1. The first-order chi connectivity index (χ1) is 5.77. The van der Waals surface area contributed by atoms with Crippen molar-refractivity contribution in [2.45, 2.75) is 49.4 Å². The van der Waals surface area contributed by atoms with E-state index in [-0.39, 0.29) is 0 Å². The third-order valence-electron chi connectivity index (χ3n) is 3.89. The minimum absolute atomic E-state index is 0.989. The van der Waals surface area contributed by atoms with Crippen molar-refractivity contribution < 1.29 is 0 Å².